The second kappa shape index (κ2) is 6.83. The van der Waals surface area contributed by atoms with Crippen molar-refractivity contribution in [2.75, 3.05) is 6.54 Å². The van der Waals surface area contributed by atoms with Gasteiger partial charge < -0.3 is 14.7 Å². The summed E-state index contributed by atoms with van der Waals surface area (Å²) in [5.41, 5.74) is 0. The Morgan fingerprint density at radius 3 is 2.77 bits per heavy atom. The molecule has 0 bridgehead atoms. The lowest BCUT2D eigenvalue weighted by Gasteiger charge is -2.25. The maximum atomic E-state index is 12.1. The fourth-order valence-electron chi connectivity index (χ4n) is 2.15. The minimum atomic E-state index is -2.02. The van der Waals surface area contributed by atoms with Crippen molar-refractivity contribution in [2.45, 2.75) is 26.3 Å². The number of nitrogens with zero attached hydrogens (tertiary/aromatic N) is 1. The van der Waals surface area contributed by atoms with Crippen LogP contribution in [0.25, 0.3) is 0 Å². The van der Waals surface area contributed by atoms with Gasteiger partial charge in [-0.2, -0.15) is 0 Å². The lowest BCUT2D eigenvalue weighted by atomic mass is 10.0. The fraction of sp³-hybridized carbons (Fsp3) is 0.375. The second-order valence-corrected chi connectivity index (χ2v) is 5.82. The normalized spacial score (nSPS) is 18.0. The molecule has 1 aromatic carbocycles. The summed E-state index contributed by atoms with van der Waals surface area (Å²) in [7, 11) is 0. The predicted molar refractivity (Wildman–Crippen MR) is 82.8 cm³/mol. The summed E-state index contributed by atoms with van der Waals surface area (Å²) in [6, 6.07) is 4.76. The molecule has 0 aromatic heterocycles. The highest BCUT2D eigenvalue weighted by Gasteiger charge is 2.34. The van der Waals surface area contributed by atoms with Crippen LogP contribution >= 0.6 is 11.6 Å². The number of hydrogen-bond donors (Lipinski definition) is 1. The molecule has 0 spiro atoms. The molecular weight excluding hydrogens is 306 g/mol. The highest BCUT2D eigenvalue weighted by Crippen LogP contribution is 2.27. The molecule has 1 atom stereocenters. The molecule has 1 N–H and O–H groups in total. The van der Waals surface area contributed by atoms with Crippen molar-refractivity contribution in [3.63, 3.8) is 0 Å². The van der Waals surface area contributed by atoms with Crippen LogP contribution in [-0.4, -0.2) is 34.4 Å². The molecule has 0 aliphatic carbocycles. The molecule has 0 fully saturated rings. The Morgan fingerprint density at radius 1 is 1.50 bits per heavy atom. The van der Waals surface area contributed by atoms with E-state index in [1.54, 1.807) is 38.1 Å². The van der Waals surface area contributed by atoms with Gasteiger partial charge in [-0.25, -0.2) is 4.79 Å². The summed E-state index contributed by atoms with van der Waals surface area (Å²) in [5, 5.41) is 9.80. The van der Waals surface area contributed by atoms with Crippen LogP contribution in [0.15, 0.2) is 36.1 Å². The zero-order valence-corrected chi connectivity index (χ0v) is 13.1. The van der Waals surface area contributed by atoms with Crippen molar-refractivity contribution in [3.8, 4) is 5.75 Å². The molecule has 0 saturated heterocycles. The van der Waals surface area contributed by atoms with E-state index in [0.717, 1.165) is 4.90 Å². The van der Waals surface area contributed by atoms with Crippen molar-refractivity contribution in [1.29, 1.82) is 0 Å². The number of halogens is 1. The van der Waals surface area contributed by atoms with Crippen molar-refractivity contribution in [3.05, 3.63) is 41.1 Å². The van der Waals surface area contributed by atoms with Crippen LogP contribution in [0.1, 0.15) is 21.6 Å². The number of amides is 1. The molecule has 5 nitrogen and oxygen atoms in total. The highest BCUT2D eigenvalue weighted by molar-refractivity contribution is 6.32. The van der Waals surface area contributed by atoms with E-state index in [-0.39, 0.29) is 24.6 Å². The first-order chi connectivity index (χ1) is 10.7. The summed E-state index contributed by atoms with van der Waals surface area (Å²) in [5.74, 6) is -1.31. The van der Waals surface area contributed by atoms with Crippen molar-refractivity contribution in [1.82, 2.24) is 4.90 Å². The number of carbonyl (C=O) groups excluding carboxylic acids is 1. The zero-order valence-electron chi connectivity index (χ0n) is 13.4. The molecule has 118 valence electrons. The fourth-order valence-corrected chi connectivity index (χ4v) is 2.33. The van der Waals surface area contributed by atoms with Crippen LogP contribution in [0, 0.1) is 5.92 Å². The van der Waals surface area contributed by atoms with Crippen molar-refractivity contribution >= 4 is 23.5 Å². The third-order valence-electron chi connectivity index (χ3n) is 3.12. The van der Waals surface area contributed by atoms with E-state index < -0.39 is 17.9 Å². The predicted octanol–water partition coefficient (Wildman–Crippen LogP) is 2.94. The SMILES string of the molecule is [2H][C@](CC(C)C)(C(=O)O)N1CC(Oc2ccccc2Cl)=CC1=O. The molecule has 0 radical (unpaired) electrons. The van der Waals surface area contributed by atoms with Gasteiger partial charge in [-0.05, 0) is 24.5 Å². The van der Waals surface area contributed by atoms with Crippen molar-refractivity contribution in [2.24, 2.45) is 5.92 Å². The number of ether oxygens (including phenoxy) is 1. The first kappa shape index (κ1) is 14.9. The molecule has 0 saturated carbocycles. The van der Waals surface area contributed by atoms with E-state index in [1.165, 1.54) is 6.08 Å². The molecule has 0 unspecified atom stereocenters. The summed E-state index contributed by atoms with van der Waals surface area (Å²) in [6.07, 6.45) is 1.23. The maximum absolute atomic E-state index is 12.1. The van der Waals surface area contributed by atoms with E-state index in [0.29, 0.717) is 10.8 Å². The summed E-state index contributed by atoms with van der Waals surface area (Å²) in [6.45, 7) is 3.54. The Labute approximate surface area is 135 Å². The average Bonchev–Trinajstić information content (AvgIpc) is 2.82. The third-order valence-corrected chi connectivity index (χ3v) is 3.43. The van der Waals surface area contributed by atoms with Crippen LogP contribution in [0.5, 0.6) is 5.75 Å². The van der Waals surface area contributed by atoms with E-state index in [1.807, 2.05) is 0 Å². The number of para-hydroxylation sites is 1. The van der Waals surface area contributed by atoms with Gasteiger partial charge in [-0.15, -0.1) is 0 Å². The van der Waals surface area contributed by atoms with Gasteiger partial charge in [-0.3, -0.25) is 4.79 Å². The summed E-state index contributed by atoms with van der Waals surface area (Å²) in [4.78, 5) is 24.7. The smallest absolute Gasteiger partial charge is 0.326 e. The van der Waals surface area contributed by atoms with E-state index in [9.17, 15) is 14.7 Å². The van der Waals surface area contributed by atoms with Gasteiger partial charge in [-0.1, -0.05) is 37.6 Å². The van der Waals surface area contributed by atoms with Crippen molar-refractivity contribution < 1.29 is 20.8 Å². The molecule has 2 rings (SSSR count). The van der Waals surface area contributed by atoms with Gasteiger partial charge in [0.2, 0.25) is 0 Å². The molecule has 6 heteroatoms. The third kappa shape index (κ3) is 3.80. The molecule has 1 aliphatic heterocycles. The average molecular weight is 325 g/mol. The summed E-state index contributed by atoms with van der Waals surface area (Å²) < 4.78 is 13.8. The zero-order chi connectivity index (χ0) is 17.2. The first-order valence-electron chi connectivity index (χ1n) is 7.42. The lowest BCUT2D eigenvalue weighted by Crippen LogP contribution is -2.43. The van der Waals surface area contributed by atoms with Gasteiger partial charge in [0.1, 0.15) is 17.5 Å². The van der Waals surface area contributed by atoms with Gasteiger partial charge in [0.15, 0.2) is 0 Å². The van der Waals surface area contributed by atoms with Gasteiger partial charge in [0, 0.05) is 6.08 Å². The van der Waals surface area contributed by atoms with Crippen LogP contribution < -0.4 is 4.74 Å². The maximum Gasteiger partial charge on any atom is 0.326 e. The lowest BCUT2D eigenvalue weighted by molar-refractivity contribution is -0.148. The van der Waals surface area contributed by atoms with Crippen LogP contribution in [-0.2, 0) is 9.59 Å². The monoisotopic (exact) mass is 324 g/mol. The first-order valence-corrected chi connectivity index (χ1v) is 7.30. The Bertz CT molecular complexity index is 661. The molecule has 22 heavy (non-hydrogen) atoms. The van der Waals surface area contributed by atoms with E-state index >= 15 is 0 Å². The number of carboxylic acids is 1. The number of carboxylic acid groups (broad SMARTS) is 1. The number of aliphatic carboxylic acids is 1. The minimum absolute atomic E-state index is 0.0291. The Morgan fingerprint density at radius 2 is 2.18 bits per heavy atom. The Kier molecular flexibility index (Phi) is 4.63. The van der Waals surface area contributed by atoms with Gasteiger partial charge >= 0.3 is 5.97 Å². The topological polar surface area (TPSA) is 66.8 Å². The van der Waals surface area contributed by atoms with Crippen LogP contribution in [0.3, 0.4) is 0 Å². The standard InChI is InChI=1S/C16H18ClNO4/c1-10(2)7-13(16(20)21)18-9-11(8-15(18)19)22-14-6-4-3-5-12(14)17/h3-6,8,10,13H,7,9H2,1-2H3,(H,20,21)/t13-/m0/s1/i13D. The van der Waals surface area contributed by atoms with Crippen LogP contribution in [0.4, 0.5) is 0 Å². The largest absolute Gasteiger partial charge is 0.480 e. The van der Waals surface area contributed by atoms with Gasteiger partial charge in [0.25, 0.3) is 5.91 Å². The van der Waals surface area contributed by atoms with E-state index in [2.05, 4.69) is 0 Å². The minimum Gasteiger partial charge on any atom is -0.480 e. The Balaban J connectivity index is 2.19. The molecular formula is C16H18ClNO4. The molecule has 1 aliphatic rings. The Hall–Kier alpha value is -2.01. The number of carbonyl (C=O) groups is 2. The summed E-state index contributed by atoms with van der Waals surface area (Å²) >= 11 is 6.00. The number of rotatable bonds is 6. The quantitative estimate of drug-likeness (QED) is 0.873. The van der Waals surface area contributed by atoms with E-state index in [4.69, 9.17) is 17.7 Å². The molecule has 1 aromatic rings. The second-order valence-electron chi connectivity index (χ2n) is 5.42. The number of hydrogen-bond acceptors (Lipinski definition) is 3. The van der Waals surface area contributed by atoms with Gasteiger partial charge in [0.05, 0.1) is 12.9 Å². The highest BCUT2D eigenvalue weighted by atomic mass is 35.5. The molecule has 1 amide bonds. The van der Waals surface area contributed by atoms with Crippen LogP contribution in [0.2, 0.25) is 5.02 Å². The number of benzene rings is 1. The molecule has 1 heterocycles.